The van der Waals surface area contributed by atoms with Gasteiger partial charge in [0.1, 0.15) is 12.2 Å². The molecule has 0 fully saturated rings. The number of amides is 1. The van der Waals surface area contributed by atoms with E-state index >= 15 is 0 Å². The summed E-state index contributed by atoms with van der Waals surface area (Å²) in [7, 11) is 1.50. The number of likely N-dealkylation sites (N-methyl/N-ethyl adjacent to an activating group) is 1. The second kappa shape index (κ2) is 4.73. The van der Waals surface area contributed by atoms with E-state index in [0.29, 0.717) is 0 Å². The molecule has 1 amide bonds. The first kappa shape index (κ1) is 11.9. The van der Waals surface area contributed by atoms with Crippen molar-refractivity contribution < 1.29 is 19.7 Å². The van der Waals surface area contributed by atoms with Gasteiger partial charge in [0, 0.05) is 7.05 Å². The van der Waals surface area contributed by atoms with Crippen LogP contribution in [0, 0.1) is 0 Å². The van der Waals surface area contributed by atoms with Crippen LogP contribution < -0.4 is 0 Å². The Hall–Kier alpha value is -1.59. The minimum atomic E-state index is -0.989. The predicted octanol–water partition coefficient (Wildman–Crippen LogP) is 1.40. The summed E-state index contributed by atoms with van der Waals surface area (Å²) >= 11 is 0. The zero-order valence-electron chi connectivity index (χ0n) is 9.54. The van der Waals surface area contributed by atoms with E-state index < -0.39 is 12.2 Å². The zero-order chi connectivity index (χ0) is 12.4. The summed E-state index contributed by atoms with van der Waals surface area (Å²) in [6.45, 7) is 0.466. The van der Waals surface area contributed by atoms with Crippen LogP contribution in [0.4, 0.5) is 4.79 Å². The average Bonchev–Trinajstić information content (AvgIpc) is 2.33. The van der Waals surface area contributed by atoms with Crippen molar-refractivity contribution in [3.8, 4) is 0 Å². The maximum Gasteiger partial charge on any atom is 0.407 e. The molecule has 92 valence electrons. The van der Waals surface area contributed by atoms with Crippen LogP contribution in [0.15, 0.2) is 24.3 Å². The maximum atomic E-state index is 10.8. The number of carboxylic acid groups (broad SMARTS) is 1. The first-order chi connectivity index (χ1) is 8.09. The van der Waals surface area contributed by atoms with Crippen LogP contribution in [0.1, 0.15) is 23.3 Å². The van der Waals surface area contributed by atoms with E-state index in [2.05, 4.69) is 0 Å². The predicted molar refractivity (Wildman–Crippen MR) is 60.7 cm³/mol. The smallest absolute Gasteiger partial charge is 0.407 e. The molecule has 1 aromatic rings. The molecule has 5 heteroatoms. The molecule has 0 radical (unpaired) electrons. The number of aliphatic hydroxyl groups is 1. The fourth-order valence-electron chi connectivity index (χ4n) is 1.97. The van der Waals surface area contributed by atoms with Crippen LogP contribution >= 0.6 is 0 Å². The molecule has 2 N–H and O–H groups in total. The first-order valence-corrected chi connectivity index (χ1v) is 5.42. The number of ether oxygens (including phenoxy) is 1. The number of rotatable bonds is 2. The SMILES string of the molecule is CN(CC1OC[C@@H](O)c2ccccc21)C(=O)O. The van der Waals surface area contributed by atoms with E-state index in [1.165, 1.54) is 11.9 Å². The monoisotopic (exact) mass is 237 g/mol. The number of aliphatic hydroxyl groups excluding tert-OH is 1. The molecule has 0 aromatic heterocycles. The highest BCUT2D eigenvalue weighted by Gasteiger charge is 2.27. The summed E-state index contributed by atoms with van der Waals surface area (Å²) in [5.74, 6) is 0. The van der Waals surface area contributed by atoms with Gasteiger partial charge in [-0.2, -0.15) is 0 Å². The van der Waals surface area contributed by atoms with Crippen molar-refractivity contribution in [3.63, 3.8) is 0 Å². The summed E-state index contributed by atoms with van der Waals surface area (Å²) in [6, 6.07) is 7.41. The van der Waals surface area contributed by atoms with Gasteiger partial charge in [0.25, 0.3) is 0 Å². The summed E-state index contributed by atoms with van der Waals surface area (Å²) in [5.41, 5.74) is 1.68. The van der Waals surface area contributed by atoms with E-state index in [4.69, 9.17) is 9.84 Å². The lowest BCUT2D eigenvalue weighted by molar-refractivity contribution is -0.0389. The Balaban J connectivity index is 2.21. The summed E-state index contributed by atoms with van der Waals surface area (Å²) in [5, 5.41) is 18.6. The lowest BCUT2D eigenvalue weighted by Gasteiger charge is -2.31. The van der Waals surface area contributed by atoms with Gasteiger partial charge in [0.15, 0.2) is 0 Å². The fourth-order valence-corrected chi connectivity index (χ4v) is 1.97. The van der Waals surface area contributed by atoms with Crippen molar-refractivity contribution >= 4 is 6.09 Å². The van der Waals surface area contributed by atoms with E-state index in [1.807, 2.05) is 24.3 Å². The van der Waals surface area contributed by atoms with Gasteiger partial charge in [-0.25, -0.2) is 4.79 Å². The second-order valence-electron chi connectivity index (χ2n) is 4.13. The third-order valence-corrected chi connectivity index (χ3v) is 2.92. The van der Waals surface area contributed by atoms with Crippen LogP contribution in [-0.2, 0) is 4.74 Å². The van der Waals surface area contributed by atoms with E-state index in [1.54, 1.807) is 0 Å². The number of nitrogens with zero attached hydrogens (tertiary/aromatic N) is 1. The Morgan fingerprint density at radius 1 is 1.47 bits per heavy atom. The van der Waals surface area contributed by atoms with Gasteiger partial charge in [0.05, 0.1) is 13.2 Å². The minimum absolute atomic E-state index is 0.204. The summed E-state index contributed by atoms with van der Waals surface area (Å²) in [4.78, 5) is 11.9. The lowest BCUT2D eigenvalue weighted by atomic mass is 9.95. The molecule has 5 nitrogen and oxygen atoms in total. The number of hydrogen-bond donors (Lipinski definition) is 2. The number of benzene rings is 1. The Bertz CT molecular complexity index is 421. The highest BCUT2D eigenvalue weighted by Crippen LogP contribution is 2.32. The minimum Gasteiger partial charge on any atom is -0.465 e. The van der Waals surface area contributed by atoms with Crippen molar-refractivity contribution in [2.24, 2.45) is 0 Å². The molecule has 1 aromatic carbocycles. The molecular weight excluding hydrogens is 222 g/mol. The van der Waals surface area contributed by atoms with Crippen molar-refractivity contribution in [2.75, 3.05) is 20.2 Å². The molecular formula is C12H15NO4. The largest absolute Gasteiger partial charge is 0.465 e. The number of hydrogen-bond acceptors (Lipinski definition) is 3. The number of carbonyl (C=O) groups is 1. The maximum absolute atomic E-state index is 10.8. The molecule has 2 atom stereocenters. The molecule has 1 aliphatic heterocycles. The van der Waals surface area contributed by atoms with Crippen molar-refractivity contribution in [1.82, 2.24) is 4.90 Å². The molecule has 0 aliphatic carbocycles. The van der Waals surface area contributed by atoms with Gasteiger partial charge < -0.3 is 19.8 Å². The van der Waals surface area contributed by atoms with Crippen LogP contribution in [0.25, 0.3) is 0 Å². The van der Waals surface area contributed by atoms with Crippen molar-refractivity contribution in [3.05, 3.63) is 35.4 Å². The van der Waals surface area contributed by atoms with Gasteiger partial charge in [-0.3, -0.25) is 0 Å². The van der Waals surface area contributed by atoms with Gasteiger partial charge >= 0.3 is 6.09 Å². The van der Waals surface area contributed by atoms with Gasteiger partial charge in [0.2, 0.25) is 0 Å². The molecule has 1 unspecified atom stereocenters. The molecule has 0 saturated carbocycles. The van der Waals surface area contributed by atoms with Crippen LogP contribution in [0.5, 0.6) is 0 Å². The standard InChI is InChI=1S/C12H15NO4/c1-13(12(15)16)6-11-9-5-3-2-4-8(9)10(14)7-17-11/h2-5,10-11,14H,6-7H2,1H3,(H,15,16)/t10-,11?/m1/s1. The quantitative estimate of drug-likeness (QED) is 0.815. The van der Waals surface area contributed by atoms with Crippen molar-refractivity contribution in [1.29, 1.82) is 0 Å². The molecule has 1 heterocycles. The molecule has 2 rings (SSSR count). The number of fused-ring (bicyclic) bond motifs is 1. The summed E-state index contributed by atoms with van der Waals surface area (Å²) < 4.78 is 5.48. The summed E-state index contributed by atoms with van der Waals surface area (Å²) in [6.07, 6.45) is -1.93. The van der Waals surface area contributed by atoms with Crippen LogP contribution in [0.2, 0.25) is 0 Å². The third-order valence-electron chi connectivity index (χ3n) is 2.92. The van der Waals surface area contributed by atoms with E-state index in [-0.39, 0.29) is 19.3 Å². The molecule has 0 bridgehead atoms. The van der Waals surface area contributed by atoms with Gasteiger partial charge in [-0.15, -0.1) is 0 Å². The average molecular weight is 237 g/mol. The van der Waals surface area contributed by atoms with E-state index in [9.17, 15) is 9.90 Å². The highest BCUT2D eigenvalue weighted by atomic mass is 16.5. The molecule has 0 spiro atoms. The molecule has 0 saturated heterocycles. The highest BCUT2D eigenvalue weighted by molar-refractivity contribution is 5.64. The molecule has 17 heavy (non-hydrogen) atoms. The molecule has 1 aliphatic rings. The second-order valence-corrected chi connectivity index (χ2v) is 4.13. The Morgan fingerprint density at radius 2 is 2.12 bits per heavy atom. The van der Waals surface area contributed by atoms with Crippen LogP contribution in [0.3, 0.4) is 0 Å². The third kappa shape index (κ3) is 2.40. The van der Waals surface area contributed by atoms with Crippen LogP contribution in [-0.4, -0.2) is 41.4 Å². The lowest BCUT2D eigenvalue weighted by Crippen LogP contribution is -2.33. The Kier molecular flexibility index (Phi) is 3.31. The van der Waals surface area contributed by atoms with E-state index in [0.717, 1.165) is 11.1 Å². The Labute approximate surface area is 99.2 Å². The fraction of sp³-hybridized carbons (Fsp3) is 0.417. The van der Waals surface area contributed by atoms with Crippen molar-refractivity contribution in [2.45, 2.75) is 12.2 Å². The van der Waals surface area contributed by atoms with Gasteiger partial charge in [-0.1, -0.05) is 24.3 Å². The zero-order valence-corrected chi connectivity index (χ0v) is 9.54. The topological polar surface area (TPSA) is 70.0 Å². The first-order valence-electron chi connectivity index (χ1n) is 5.42. The Morgan fingerprint density at radius 3 is 2.76 bits per heavy atom. The normalized spacial score (nSPS) is 22.9. The van der Waals surface area contributed by atoms with Gasteiger partial charge in [-0.05, 0) is 11.1 Å².